The molecule has 50 valence electrons. The summed E-state index contributed by atoms with van der Waals surface area (Å²) in [7, 11) is 0. The Labute approximate surface area is 53.0 Å². The molecule has 1 aromatic heterocycles. The molecule has 0 unspecified atom stereocenters. The molecule has 0 aliphatic rings. The van der Waals surface area contributed by atoms with Crippen molar-refractivity contribution in [2.75, 3.05) is 0 Å². The number of aromatic nitrogens is 1. The first kappa shape index (κ1) is 6.25. The zero-order valence-electron chi connectivity index (χ0n) is 5.22. The van der Waals surface area contributed by atoms with Crippen LogP contribution in [0.25, 0.3) is 0 Å². The maximum atomic E-state index is 5.07. The fraction of sp³-hybridized carbons (Fsp3) is 0.400. The Hall–Kier alpha value is -0.870. The standard InChI is InChI=1S/C5H9N3O/c1-4-2-7-5(9-4)3-8-6/h2,8H,3,6H2,1H3. The van der Waals surface area contributed by atoms with Gasteiger partial charge in [0.2, 0.25) is 5.89 Å². The van der Waals surface area contributed by atoms with Crippen LogP contribution in [0.4, 0.5) is 0 Å². The molecule has 0 spiro atoms. The maximum absolute atomic E-state index is 5.07. The number of nitrogens with one attached hydrogen (secondary N) is 1. The van der Waals surface area contributed by atoms with E-state index in [1.165, 1.54) is 0 Å². The molecule has 4 nitrogen and oxygen atoms in total. The lowest BCUT2D eigenvalue weighted by Crippen LogP contribution is -2.20. The van der Waals surface area contributed by atoms with E-state index < -0.39 is 0 Å². The molecule has 4 heteroatoms. The SMILES string of the molecule is Cc1cnc(CNN)o1. The zero-order valence-corrected chi connectivity index (χ0v) is 5.22. The molecule has 0 bridgehead atoms. The van der Waals surface area contributed by atoms with E-state index in [4.69, 9.17) is 10.3 Å². The minimum Gasteiger partial charge on any atom is -0.445 e. The summed E-state index contributed by atoms with van der Waals surface area (Å²) in [5.74, 6) is 6.45. The molecule has 0 aliphatic carbocycles. The monoisotopic (exact) mass is 127 g/mol. The van der Waals surface area contributed by atoms with Crippen molar-refractivity contribution in [1.29, 1.82) is 0 Å². The van der Waals surface area contributed by atoms with Gasteiger partial charge in [0.1, 0.15) is 5.76 Å². The Kier molecular flexibility index (Phi) is 1.81. The number of hydrogen-bond donors (Lipinski definition) is 2. The molecule has 0 amide bonds. The van der Waals surface area contributed by atoms with Gasteiger partial charge in [-0.3, -0.25) is 11.3 Å². The van der Waals surface area contributed by atoms with Gasteiger partial charge in [-0.1, -0.05) is 0 Å². The Morgan fingerprint density at radius 3 is 3.11 bits per heavy atom. The van der Waals surface area contributed by atoms with E-state index in [-0.39, 0.29) is 0 Å². The zero-order chi connectivity index (χ0) is 6.69. The van der Waals surface area contributed by atoms with Gasteiger partial charge in [-0.2, -0.15) is 0 Å². The molecule has 1 rings (SSSR count). The number of nitrogens with two attached hydrogens (primary N) is 1. The van der Waals surface area contributed by atoms with Crippen molar-refractivity contribution in [2.24, 2.45) is 5.84 Å². The van der Waals surface area contributed by atoms with Crippen LogP contribution in [0.5, 0.6) is 0 Å². The van der Waals surface area contributed by atoms with E-state index in [0.29, 0.717) is 12.4 Å². The van der Waals surface area contributed by atoms with Gasteiger partial charge in [0.05, 0.1) is 12.7 Å². The second kappa shape index (κ2) is 2.61. The molecule has 3 N–H and O–H groups in total. The first-order valence-electron chi connectivity index (χ1n) is 2.67. The van der Waals surface area contributed by atoms with E-state index in [9.17, 15) is 0 Å². The summed E-state index contributed by atoms with van der Waals surface area (Å²) in [5.41, 5.74) is 2.44. The third-order valence-corrected chi connectivity index (χ3v) is 0.922. The maximum Gasteiger partial charge on any atom is 0.209 e. The van der Waals surface area contributed by atoms with Crippen LogP contribution in [0.2, 0.25) is 0 Å². The molecule has 0 aromatic carbocycles. The quantitative estimate of drug-likeness (QED) is 0.431. The van der Waals surface area contributed by atoms with Crippen molar-refractivity contribution in [3.05, 3.63) is 17.8 Å². The van der Waals surface area contributed by atoms with Crippen LogP contribution in [0.15, 0.2) is 10.6 Å². The number of oxazole rings is 1. The second-order valence-electron chi connectivity index (χ2n) is 1.75. The third-order valence-electron chi connectivity index (χ3n) is 0.922. The summed E-state index contributed by atoms with van der Waals surface area (Å²) in [6, 6.07) is 0. The fourth-order valence-electron chi connectivity index (χ4n) is 0.570. The molecule has 0 radical (unpaired) electrons. The van der Waals surface area contributed by atoms with Crippen molar-refractivity contribution in [2.45, 2.75) is 13.5 Å². The van der Waals surface area contributed by atoms with Gasteiger partial charge in [-0.25, -0.2) is 4.98 Å². The van der Waals surface area contributed by atoms with Gasteiger partial charge in [0, 0.05) is 0 Å². The molecule has 1 heterocycles. The van der Waals surface area contributed by atoms with Gasteiger partial charge < -0.3 is 4.42 Å². The van der Waals surface area contributed by atoms with Gasteiger partial charge >= 0.3 is 0 Å². The molecule has 9 heavy (non-hydrogen) atoms. The Morgan fingerprint density at radius 2 is 2.67 bits per heavy atom. The number of rotatable bonds is 2. The van der Waals surface area contributed by atoms with E-state index in [1.54, 1.807) is 6.20 Å². The predicted molar refractivity (Wildman–Crippen MR) is 32.3 cm³/mol. The summed E-state index contributed by atoms with van der Waals surface area (Å²) in [5, 5.41) is 0. The van der Waals surface area contributed by atoms with Crippen molar-refractivity contribution < 1.29 is 4.42 Å². The topological polar surface area (TPSA) is 64.1 Å². The Balaban J connectivity index is 2.61. The average molecular weight is 127 g/mol. The van der Waals surface area contributed by atoms with Crippen LogP contribution in [0, 0.1) is 6.92 Å². The lowest BCUT2D eigenvalue weighted by Gasteiger charge is -1.88. The summed E-state index contributed by atoms with van der Waals surface area (Å²) in [6.07, 6.45) is 1.66. The summed E-state index contributed by atoms with van der Waals surface area (Å²) in [6.45, 7) is 2.32. The van der Waals surface area contributed by atoms with Crippen molar-refractivity contribution in [3.63, 3.8) is 0 Å². The van der Waals surface area contributed by atoms with E-state index >= 15 is 0 Å². The van der Waals surface area contributed by atoms with Gasteiger partial charge in [-0.15, -0.1) is 0 Å². The van der Waals surface area contributed by atoms with Crippen LogP contribution in [0.1, 0.15) is 11.7 Å². The van der Waals surface area contributed by atoms with Gasteiger partial charge in [-0.05, 0) is 6.92 Å². The number of hydrogen-bond acceptors (Lipinski definition) is 4. The molecule has 0 atom stereocenters. The molecular formula is C5H9N3O. The number of hydrazine groups is 1. The highest BCUT2D eigenvalue weighted by atomic mass is 16.4. The second-order valence-corrected chi connectivity index (χ2v) is 1.75. The predicted octanol–water partition coefficient (Wildman–Crippen LogP) is -0.0537. The Bertz CT molecular complexity index is 184. The Morgan fingerprint density at radius 1 is 1.89 bits per heavy atom. The number of aryl methyl sites for hydroxylation is 1. The largest absolute Gasteiger partial charge is 0.445 e. The minimum atomic E-state index is 0.480. The normalized spacial score (nSPS) is 10.0. The van der Waals surface area contributed by atoms with Crippen molar-refractivity contribution >= 4 is 0 Å². The van der Waals surface area contributed by atoms with Crippen LogP contribution >= 0.6 is 0 Å². The highest BCUT2D eigenvalue weighted by Gasteiger charge is 1.95. The average Bonchev–Trinajstić information content (AvgIpc) is 2.17. The first-order chi connectivity index (χ1) is 4.33. The van der Waals surface area contributed by atoms with E-state index in [1.807, 2.05) is 6.92 Å². The van der Waals surface area contributed by atoms with E-state index in [0.717, 1.165) is 5.76 Å². The summed E-state index contributed by atoms with van der Waals surface area (Å²) in [4.78, 5) is 3.90. The molecule has 0 aliphatic heterocycles. The highest BCUT2D eigenvalue weighted by molar-refractivity contribution is 4.89. The van der Waals surface area contributed by atoms with Crippen LogP contribution < -0.4 is 11.3 Å². The number of nitrogens with zero attached hydrogens (tertiary/aromatic N) is 1. The lowest BCUT2D eigenvalue weighted by molar-refractivity contribution is 0.453. The fourth-order valence-corrected chi connectivity index (χ4v) is 0.570. The molecule has 0 fully saturated rings. The van der Waals surface area contributed by atoms with Crippen molar-refractivity contribution in [1.82, 2.24) is 10.4 Å². The first-order valence-corrected chi connectivity index (χ1v) is 2.67. The van der Waals surface area contributed by atoms with Crippen LogP contribution in [-0.4, -0.2) is 4.98 Å². The minimum absolute atomic E-state index is 0.480. The van der Waals surface area contributed by atoms with E-state index in [2.05, 4.69) is 10.4 Å². The van der Waals surface area contributed by atoms with Crippen LogP contribution in [0.3, 0.4) is 0 Å². The van der Waals surface area contributed by atoms with Crippen LogP contribution in [-0.2, 0) is 6.54 Å². The molecular weight excluding hydrogens is 118 g/mol. The summed E-state index contributed by atoms with van der Waals surface area (Å²) < 4.78 is 5.07. The van der Waals surface area contributed by atoms with Gasteiger partial charge in [0.15, 0.2) is 0 Å². The van der Waals surface area contributed by atoms with Crippen molar-refractivity contribution in [3.8, 4) is 0 Å². The highest BCUT2D eigenvalue weighted by Crippen LogP contribution is 1.99. The smallest absolute Gasteiger partial charge is 0.209 e. The molecule has 0 saturated heterocycles. The molecule has 1 aromatic rings. The molecule has 0 saturated carbocycles. The lowest BCUT2D eigenvalue weighted by atomic mass is 10.6. The summed E-state index contributed by atoms with van der Waals surface area (Å²) >= 11 is 0. The van der Waals surface area contributed by atoms with Gasteiger partial charge in [0.25, 0.3) is 0 Å². The third kappa shape index (κ3) is 1.51.